The van der Waals surface area contributed by atoms with Gasteiger partial charge in [-0.3, -0.25) is 4.79 Å². The molecule has 1 aliphatic rings. The van der Waals surface area contributed by atoms with E-state index in [0.29, 0.717) is 38.0 Å². The van der Waals surface area contributed by atoms with Gasteiger partial charge in [-0.15, -0.1) is 0 Å². The van der Waals surface area contributed by atoms with Gasteiger partial charge in [-0.05, 0) is 36.6 Å². The molecule has 2 aromatic rings. The average molecular weight is 404 g/mol. The topological polar surface area (TPSA) is 118 Å². The zero-order chi connectivity index (χ0) is 20.3. The molecule has 0 spiro atoms. The molecule has 0 radical (unpaired) electrons. The normalized spacial score (nSPS) is 16.3. The van der Waals surface area contributed by atoms with Crippen LogP contribution in [-0.2, 0) is 16.4 Å². The molecule has 0 saturated carbocycles. The van der Waals surface area contributed by atoms with Gasteiger partial charge < -0.3 is 20.4 Å². The first-order chi connectivity index (χ1) is 13.3. The number of oxime groups is 1. The van der Waals surface area contributed by atoms with Gasteiger partial charge in [0.1, 0.15) is 9.84 Å². The number of benzene rings is 1. The zero-order valence-electron chi connectivity index (χ0n) is 15.7. The second-order valence-corrected chi connectivity index (χ2v) is 9.38. The number of hydrogen-bond acceptors (Lipinski definition) is 6. The van der Waals surface area contributed by atoms with E-state index in [4.69, 9.17) is 10.9 Å². The molecule has 1 aromatic carbocycles. The molecule has 3 rings (SSSR count). The zero-order valence-corrected chi connectivity index (χ0v) is 16.5. The number of sulfone groups is 1. The highest BCUT2D eigenvalue weighted by atomic mass is 32.2. The molecule has 1 aromatic heterocycles. The van der Waals surface area contributed by atoms with Gasteiger partial charge in [0.05, 0.1) is 11.8 Å². The summed E-state index contributed by atoms with van der Waals surface area (Å²) in [5, 5.41) is 11.5. The summed E-state index contributed by atoms with van der Waals surface area (Å²) in [5.41, 5.74) is 7.81. The van der Waals surface area contributed by atoms with Gasteiger partial charge in [0.15, 0.2) is 5.84 Å². The van der Waals surface area contributed by atoms with E-state index < -0.39 is 9.84 Å². The minimum Gasteiger partial charge on any atom is -0.409 e. The van der Waals surface area contributed by atoms with E-state index in [0.717, 1.165) is 11.3 Å². The highest BCUT2D eigenvalue weighted by Gasteiger charge is 2.26. The fourth-order valence-corrected chi connectivity index (χ4v) is 4.52. The van der Waals surface area contributed by atoms with Gasteiger partial charge >= 0.3 is 0 Å². The largest absolute Gasteiger partial charge is 0.409 e. The second kappa shape index (κ2) is 8.05. The minimum absolute atomic E-state index is 0.0590. The fraction of sp³-hybridized carbons (Fsp3) is 0.368. The van der Waals surface area contributed by atoms with Crippen molar-refractivity contribution in [1.82, 2.24) is 4.57 Å². The van der Waals surface area contributed by atoms with Gasteiger partial charge in [-0.25, -0.2) is 8.42 Å². The lowest BCUT2D eigenvalue weighted by Gasteiger charge is -2.33. The minimum atomic E-state index is -3.00. The quantitative estimate of drug-likeness (QED) is 0.332. The summed E-state index contributed by atoms with van der Waals surface area (Å²) in [6.45, 7) is 1.71. The summed E-state index contributed by atoms with van der Waals surface area (Å²) in [4.78, 5) is 14.3. The molecule has 0 amide bonds. The maximum Gasteiger partial charge on any atom is 0.250 e. The van der Waals surface area contributed by atoms with Gasteiger partial charge in [0.25, 0.3) is 5.56 Å². The lowest BCUT2D eigenvalue weighted by Crippen LogP contribution is -2.39. The molecule has 1 fully saturated rings. The number of hydrogen-bond donors (Lipinski definition) is 2. The Morgan fingerprint density at radius 1 is 1.25 bits per heavy atom. The van der Waals surface area contributed by atoms with Gasteiger partial charge in [-0.2, -0.15) is 0 Å². The summed E-state index contributed by atoms with van der Waals surface area (Å²) < 4.78 is 25.0. The summed E-state index contributed by atoms with van der Waals surface area (Å²) in [6, 6.07) is 10.7. The molecule has 0 bridgehead atoms. The summed E-state index contributed by atoms with van der Waals surface area (Å²) >= 11 is 0. The van der Waals surface area contributed by atoms with Crippen LogP contribution < -0.4 is 16.2 Å². The van der Waals surface area contributed by atoms with E-state index >= 15 is 0 Å². The number of nitrogens with zero attached hydrogens (tertiary/aromatic N) is 3. The lowest BCUT2D eigenvalue weighted by molar-refractivity contribution is 0.318. The number of piperidine rings is 1. The van der Waals surface area contributed by atoms with Crippen molar-refractivity contribution < 1.29 is 13.6 Å². The second-order valence-electron chi connectivity index (χ2n) is 7.05. The molecule has 9 heteroatoms. The molecule has 28 heavy (non-hydrogen) atoms. The number of rotatable bonds is 5. The first-order valence-corrected chi connectivity index (χ1v) is 10.9. The van der Waals surface area contributed by atoms with E-state index in [1.54, 1.807) is 6.20 Å². The average Bonchev–Trinajstić information content (AvgIpc) is 2.69. The smallest absolute Gasteiger partial charge is 0.250 e. The van der Waals surface area contributed by atoms with Crippen LogP contribution >= 0.6 is 0 Å². The SMILES string of the molecule is CS(=O)(=O)C1CCN(c2cccc(Cn3cc(/C(N)=N/O)ccc3=O)c2)CC1. The van der Waals surface area contributed by atoms with Crippen molar-refractivity contribution in [2.75, 3.05) is 24.2 Å². The maximum atomic E-state index is 12.2. The highest BCUT2D eigenvalue weighted by Crippen LogP contribution is 2.24. The van der Waals surface area contributed by atoms with Crippen molar-refractivity contribution in [2.24, 2.45) is 10.9 Å². The highest BCUT2D eigenvalue weighted by molar-refractivity contribution is 7.91. The van der Waals surface area contributed by atoms with Crippen molar-refractivity contribution in [3.8, 4) is 0 Å². The number of pyridine rings is 1. The van der Waals surface area contributed by atoms with Crippen LogP contribution in [-0.4, -0.2) is 48.6 Å². The van der Waals surface area contributed by atoms with Crippen molar-refractivity contribution in [2.45, 2.75) is 24.6 Å². The Morgan fingerprint density at radius 2 is 1.96 bits per heavy atom. The Morgan fingerprint density at radius 3 is 2.61 bits per heavy atom. The standard InChI is InChI=1S/C19H24N4O4S/c1-28(26,27)17-7-9-22(10-8-17)16-4-2-3-14(11-16)12-23-13-15(19(20)21-25)5-6-18(23)24/h2-6,11,13,17,25H,7-10,12H2,1H3,(H2,20,21). The predicted octanol–water partition coefficient (Wildman–Crippen LogP) is 1.00. The molecule has 0 atom stereocenters. The summed E-state index contributed by atoms with van der Waals surface area (Å²) in [7, 11) is -3.00. The molecule has 3 N–H and O–H groups in total. The van der Waals surface area contributed by atoms with Crippen molar-refractivity contribution in [3.05, 3.63) is 64.1 Å². The molecule has 1 saturated heterocycles. The first kappa shape index (κ1) is 19.9. The van der Waals surface area contributed by atoms with Crippen LogP contribution in [0.5, 0.6) is 0 Å². The van der Waals surface area contributed by atoms with E-state index in [9.17, 15) is 13.2 Å². The number of amidine groups is 1. The molecule has 0 aliphatic carbocycles. The predicted molar refractivity (Wildman–Crippen MR) is 109 cm³/mol. The molecule has 150 valence electrons. The van der Waals surface area contributed by atoms with E-state index in [1.807, 2.05) is 24.3 Å². The molecular weight excluding hydrogens is 380 g/mol. The van der Waals surface area contributed by atoms with Crippen LogP contribution in [0.2, 0.25) is 0 Å². The van der Waals surface area contributed by atoms with Crippen LogP contribution in [0.3, 0.4) is 0 Å². The fourth-order valence-electron chi connectivity index (χ4n) is 3.45. The van der Waals surface area contributed by atoms with Crippen molar-refractivity contribution >= 4 is 21.4 Å². The van der Waals surface area contributed by atoms with Crippen LogP contribution in [0.4, 0.5) is 5.69 Å². The Bertz CT molecular complexity index is 1040. The number of anilines is 1. The third-order valence-electron chi connectivity index (χ3n) is 5.06. The van der Waals surface area contributed by atoms with Crippen LogP contribution in [0.25, 0.3) is 0 Å². The third kappa shape index (κ3) is 4.53. The molecule has 1 aliphatic heterocycles. The third-order valence-corrected chi connectivity index (χ3v) is 6.75. The van der Waals surface area contributed by atoms with E-state index in [-0.39, 0.29) is 16.6 Å². The molecule has 2 heterocycles. The summed E-state index contributed by atoms with van der Waals surface area (Å²) in [5.74, 6) is -0.0590. The maximum absolute atomic E-state index is 12.2. The van der Waals surface area contributed by atoms with Gasteiger partial charge in [0, 0.05) is 42.9 Å². The number of nitrogens with two attached hydrogens (primary N) is 1. The Labute approximate surface area is 163 Å². The lowest BCUT2D eigenvalue weighted by atomic mass is 10.1. The Hall–Kier alpha value is -2.81. The van der Waals surface area contributed by atoms with Crippen LogP contribution in [0.15, 0.2) is 52.5 Å². The Balaban J connectivity index is 1.77. The number of aromatic nitrogens is 1. The molecule has 8 nitrogen and oxygen atoms in total. The molecule has 0 unspecified atom stereocenters. The van der Waals surface area contributed by atoms with E-state index in [2.05, 4.69) is 10.1 Å². The van der Waals surface area contributed by atoms with Crippen LogP contribution in [0, 0.1) is 0 Å². The molecular formula is C19H24N4O4S. The monoisotopic (exact) mass is 404 g/mol. The van der Waals surface area contributed by atoms with Crippen LogP contribution in [0.1, 0.15) is 24.0 Å². The van der Waals surface area contributed by atoms with Crippen molar-refractivity contribution in [3.63, 3.8) is 0 Å². The first-order valence-electron chi connectivity index (χ1n) is 8.99. The van der Waals surface area contributed by atoms with Gasteiger partial charge in [0.2, 0.25) is 0 Å². The van der Waals surface area contributed by atoms with Crippen molar-refractivity contribution in [1.29, 1.82) is 0 Å². The van der Waals surface area contributed by atoms with Gasteiger partial charge in [-0.1, -0.05) is 17.3 Å². The summed E-state index contributed by atoms with van der Waals surface area (Å²) in [6.07, 6.45) is 4.09. The van der Waals surface area contributed by atoms with E-state index in [1.165, 1.54) is 23.0 Å². The Kier molecular flexibility index (Phi) is 5.73.